The molecule has 0 radical (unpaired) electrons. The first-order chi connectivity index (χ1) is 9.40. The summed E-state index contributed by atoms with van der Waals surface area (Å²) in [7, 11) is 0. The van der Waals surface area contributed by atoms with Crippen LogP contribution < -0.4 is 4.90 Å². The number of aliphatic hydroxyl groups excluding tert-OH is 2. The standard InChI is InChI=1S/C14H20N2O4/c1-9-8-15(6-5-14(9)18)12-4-3-11(10(2)17)7-13(12)16(19)20/h3-4,7,9-10,14,17-18H,5-6,8H2,1-2H3/t9?,10-,14?/m0/s1. The van der Waals surface area contributed by atoms with Crippen molar-refractivity contribution in [3.05, 3.63) is 33.9 Å². The van der Waals surface area contributed by atoms with Gasteiger partial charge in [-0.15, -0.1) is 0 Å². The zero-order valence-electron chi connectivity index (χ0n) is 11.7. The molecule has 1 aromatic carbocycles. The number of benzene rings is 1. The van der Waals surface area contributed by atoms with Crippen molar-refractivity contribution in [2.45, 2.75) is 32.5 Å². The third-order valence-corrected chi connectivity index (χ3v) is 3.88. The number of nitrogens with zero attached hydrogens (tertiary/aromatic N) is 2. The molecule has 0 spiro atoms. The summed E-state index contributed by atoms with van der Waals surface area (Å²) in [5.41, 5.74) is 1.09. The fraction of sp³-hybridized carbons (Fsp3) is 0.571. The van der Waals surface area contributed by atoms with Crippen LogP contribution in [0.25, 0.3) is 0 Å². The number of rotatable bonds is 3. The average molecular weight is 280 g/mol. The second kappa shape index (κ2) is 5.76. The Hall–Kier alpha value is -1.66. The first kappa shape index (κ1) is 14.7. The molecule has 20 heavy (non-hydrogen) atoms. The van der Waals surface area contributed by atoms with E-state index in [2.05, 4.69) is 0 Å². The van der Waals surface area contributed by atoms with Crippen LogP contribution in [0.15, 0.2) is 18.2 Å². The monoisotopic (exact) mass is 280 g/mol. The highest BCUT2D eigenvalue weighted by Crippen LogP contribution is 2.33. The average Bonchev–Trinajstić information content (AvgIpc) is 2.41. The van der Waals surface area contributed by atoms with E-state index in [9.17, 15) is 20.3 Å². The summed E-state index contributed by atoms with van der Waals surface area (Å²) in [6.07, 6.45) is -0.469. The normalized spacial score (nSPS) is 24.5. The molecule has 0 aromatic heterocycles. The predicted octanol–water partition coefficient (Wildman–Crippen LogP) is 1.86. The van der Waals surface area contributed by atoms with Gasteiger partial charge < -0.3 is 15.1 Å². The van der Waals surface area contributed by atoms with Crippen molar-refractivity contribution in [3.63, 3.8) is 0 Å². The molecule has 0 saturated carbocycles. The van der Waals surface area contributed by atoms with Gasteiger partial charge in [0.1, 0.15) is 5.69 Å². The first-order valence-electron chi connectivity index (χ1n) is 6.79. The van der Waals surface area contributed by atoms with Gasteiger partial charge in [-0.25, -0.2) is 0 Å². The maximum Gasteiger partial charge on any atom is 0.292 e. The summed E-state index contributed by atoms with van der Waals surface area (Å²) in [4.78, 5) is 12.7. The van der Waals surface area contributed by atoms with Gasteiger partial charge in [-0.05, 0) is 30.9 Å². The highest BCUT2D eigenvalue weighted by atomic mass is 16.6. The van der Waals surface area contributed by atoms with E-state index in [1.165, 1.54) is 6.07 Å². The van der Waals surface area contributed by atoms with Crippen molar-refractivity contribution in [2.75, 3.05) is 18.0 Å². The molecule has 2 unspecified atom stereocenters. The van der Waals surface area contributed by atoms with E-state index >= 15 is 0 Å². The molecule has 1 aromatic rings. The molecule has 1 aliphatic heterocycles. The molecule has 1 aliphatic rings. The van der Waals surface area contributed by atoms with Gasteiger partial charge in [0.2, 0.25) is 0 Å². The molecule has 2 rings (SSSR count). The number of piperidine rings is 1. The Labute approximate surface area is 117 Å². The molecule has 1 heterocycles. The topological polar surface area (TPSA) is 86.8 Å². The van der Waals surface area contributed by atoms with E-state index < -0.39 is 11.0 Å². The molecular weight excluding hydrogens is 260 g/mol. The van der Waals surface area contributed by atoms with Gasteiger partial charge in [0.25, 0.3) is 5.69 Å². The van der Waals surface area contributed by atoms with Crippen LogP contribution in [0.5, 0.6) is 0 Å². The Morgan fingerprint density at radius 2 is 2.20 bits per heavy atom. The van der Waals surface area contributed by atoms with E-state index in [4.69, 9.17) is 0 Å². The van der Waals surface area contributed by atoms with E-state index in [0.717, 1.165) is 0 Å². The van der Waals surface area contributed by atoms with Gasteiger partial charge >= 0.3 is 0 Å². The smallest absolute Gasteiger partial charge is 0.292 e. The second-order valence-electron chi connectivity index (χ2n) is 5.46. The Kier molecular flexibility index (Phi) is 4.25. The van der Waals surface area contributed by atoms with Crippen LogP contribution >= 0.6 is 0 Å². The molecule has 2 N–H and O–H groups in total. The van der Waals surface area contributed by atoms with Gasteiger partial charge in [-0.1, -0.05) is 13.0 Å². The lowest BCUT2D eigenvalue weighted by molar-refractivity contribution is -0.384. The number of hydrogen-bond acceptors (Lipinski definition) is 5. The molecule has 6 heteroatoms. The fourth-order valence-corrected chi connectivity index (χ4v) is 2.57. The van der Waals surface area contributed by atoms with Crippen molar-refractivity contribution in [3.8, 4) is 0 Å². The molecule has 3 atom stereocenters. The van der Waals surface area contributed by atoms with Crippen molar-refractivity contribution in [2.24, 2.45) is 5.92 Å². The van der Waals surface area contributed by atoms with Gasteiger partial charge in [0.15, 0.2) is 0 Å². The van der Waals surface area contributed by atoms with E-state index in [1.807, 2.05) is 11.8 Å². The van der Waals surface area contributed by atoms with Crippen LogP contribution in [0.1, 0.15) is 31.9 Å². The summed E-state index contributed by atoms with van der Waals surface area (Å²) in [5, 5.41) is 30.5. The van der Waals surface area contributed by atoms with Crippen LogP contribution in [0, 0.1) is 16.0 Å². The largest absolute Gasteiger partial charge is 0.393 e. The highest BCUT2D eigenvalue weighted by molar-refractivity contribution is 5.64. The first-order valence-corrected chi connectivity index (χ1v) is 6.79. The predicted molar refractivity (Wildman–Crippen MR) is 75.7 cm³/mol. The van der Waals surface area contributed by atoms with Crippen molar-refractivity contribution < 1.29 is 15.1 Å². The molecule has 110 valence electrons. The minimum atomic E-state index is -0.732. The van der Waals surface area contributed by atoms with Gasteiger partial charge in [0.05, 0.1) is 17.1 Å². The second-order valence-corrected chi connectivity index (χ2v) is 5.46. The molecule has 1 fully saturated rings. The number of nitro groups is 1. The number of aliphatic hydroxyl groups is 2. The van der Waals surface area contributed by atoms with Crippen molar-refractivity contribution in [1.29, 1.82) is 0 Å². The molecule has 6 nitrogen and oxygen atoms in total. The van der Waals surface area contributed by atoms with E-state index in [0.29, 0.717) is 30.8 Å². The van der Waals surface area contributed by atoms with Gasteiger partial charge in [0, 0.05) is 19.2 Å². The lowest BCUT2D eigenvalue weighted by Crippen LogP contribution is -2.42. The highest BCUT2D eigenvalue weighted by Gasteiger charge is 2.28. The Morgan fingerprint density at radius 1 is 1.50 bits per heavy atom. The Bertz CT molecular complexity index is 504. The SMILES string of the molecule is CC1CN(c2ccc([C@H](C)O)cc2[N+](=O)[O-])CCC1O. The summed E-state index contributed by atoms with van der Waals surface area (Å²) < 4.78 is 0. The summed E-state index contributed by atoms with van der Waals surface area (Å²) >= 11 is 0. The maximum absolute atomic E-state index is 11.2. The molecule has 0 amide bonds. The lowest BCUT2D eigenvalue weighted by Gasteiger charge is -2.35. The molecule has 0 aliphatic carbocycles. The minimum absolute atomic E-state index is 0.00647. The number of anilines is 1. The quantitative estimate of drug-likeness (QED) is 0.652. The number of hydrogen-bond donors (Lipinski definition) is 2. The summed E-state index contributed by atoms with van der Waals surface area (Å²) in [6.45, 7) is 4.71. The van der Waals surface area contributed by atoms with Crippen LogP contribution in [0.4, 0.5) is 11.4 Å². The Morgan fingerprint density at radius 3 is 2.75 bits per heavy atom. The minimum Gasteiger partial charge on any atom is -0.393 e. The van der Waals surface area contributed by atoms with Crippen molar-refractivity contribution >= 4 is 11.4 Å². The maximum atomic E-state index is 11.2. The zero-order valence-corrected chi connectivity index (χ0v) is 11.7. The van der Waals surface area contributed by atoms with Gasteiger partial charge in [-0.2, -0.15) is 0 Å². The summed E-state index contributed by atoms with van der Waals surface area (Å²) in [5.74, 6) is 0.0831. The van der Waals surface area contributed by atoms with Crippen LogP contribution in [-0.2, 0) is 0 Å². The van der Waals surface area contributed by atoms with Crippen LogP contribution in [-0.4, -0.2) is 34.3 Å². The van der Waals surface area contributed by atoms with E-state index in [1.54, 1.807) is 19.1 Å². The third-order valence-electron chi connectivity index (χ3n) is 3.88. The Balaban J connectivity index is 2.33. The van der Waals surface area contributed by atoms with Crippen molar-refractivity contribution in [1.82, 2.24) is 0 Å². The molecule has 0 bridgehead atoms. The molecular formula is C14H20N2O4. The molecule has 1 saturated heterocycles. The number of nitro benzene ring substituents is 1. The van der Waals surface area contributed by atoms with Gasteiger partial charge in [-0.3, -0.25) is 10.1 Å². The fourth-order valence-electron chi connectivity index (χ4n) is 2.57. The third kappa shape index (κ3) is 2.91. The summed E-state index contributed by atoms with van der Waals surface area (Å²) in [6, 6.07) is 4.82. The van der Waals surface area contributed by atoms with Crippen LogP contribution in [0.3, 0.4) is 0 Å². The van der Waals surface area contributed by atoms with E-state index in [-0.39, 0.29) is 17.7 Å². The van der Waals surface area contributed by atoms with Crippen LogP contribution in [0.2, 0.25) is 0 Å². The zero-order chi connectivity index (χ0) is 14.9. The lowest BCUT2D eigenvalue weighted by atomic mass is 9.96.